The monoisotopic (exact) mass is 286 g/mol. The van der Waals surface area contributed by atoms with E-state index in [1.165, 1.54) is 57.8 Å². The van der Waals surface area contributed by atoms with Crippen molar-refractivity contribution in [1.82, 2.24) is 0 Å². The Balaban J connectivity index is 4.20. The Labute approximate surface area is 128 Å². The Morgan fingerprint density at radius 3 is 1.55 bits per heavy atom. The summed E-state index contributed by atoms with van der Waals surface area (Å²) in [6.45, 7) is 12.4. The van der Waals surface area contributed by atoms with Crippen molar-refractivity contribution in [3.63, 3.8) is 0 Å². The molecule has 0 heterocycles. The van der Waals surface area contributed by atoms with Gasteiger partial charge in [-0.25, -0.2) is 0 Å². The van der Waals surface area contributed by atoms with Gasteiger partial charge in [0.15, 0.2) is 6.23 Å². The van der Waals surface area contributed by atoms with Crippen LogP contribution in [0.5, 0.6) is 0 Å². The maximum atomic E-state index is 10.7. The lowest BCUT2D eigenvalue weighted by atomic mass is 10.1. The molecule has 0 fully saturated rings. The predicted molar refractivity (Wildman–Crippen MR) is 89.7 cm³/mol. The summed E-state index contributed by atoms with van der Waals surface area (Å²) in [6.07, 6.45) is 12.3. The Morgan fingerprint density at radius 1 is 0.650 bits per heavy atom. The van der Waals surface area contributed by atoms with E-state index in [0.717, 1.165) is 30.5 Å². The van der Waals surface area contributed by atoms with Crippen molar-refractivity contribution in [2.45, 2.75) is 98.1 Å². The Bertz CT molecular complexity index is 189. The molecular formula is C18H40NO+. The SMILES string of the molecule is CCCCCCCCC(O)[N+](CCC)(CCC)CCC. The zero-order chi connectivity index (χ0) is 15.3. The van der Waals surface area contributed by atoms with E-state index in [-0.39, 0.29) is 6.23 Å². The molecule has 0 saturated heterocycles. The molecule has 2 heteroatoms. The van der Waals surface area contributed by atoms with Gasteiger partial charge in [-0.1, -0.05) is 59.8 Å². The molecule has 0 spiro atoms. The fraction of sp³-hybridized carbons (Fsp3) is 1.00. The number of nitrogens with zero attached hydrogens (tertiary/aromatic N) is 1. The second kappa shape index (κ2) is 12.6. The number of rotatable bonds is 14. The molecule has 122 valence electrons. The lowest BCUT2D eigenvalue weighted by Crippen LogP contribution is -2.56. The van der Waals surface area contributed by atoms with E-state index in [1.807, 2.05) is 0 Å². The molecule has 0 aromatic heterocycles. The third kappa shape index (κ3) is 7.64. The molecule has 1 N–H and O–H groups in total. The van der Waals surface area contributed by atoms with Gasteiger partial charge < -0.3 is 5.11 Å². The van der Waals surface area contributed by atoms with E-state index in [4.69, 9.17) is 0 Å². The summed E-state index contributed by atoms with van der Waals surface area (Å²) >= 11 is 0. The fourth-order valence-electron chi connectivity index (χ4n) is 3.50. The van der Waals surface area contributed by atoms with Crippen molar-refractivity contribution in [1.29, 1.82) is 0 Å². The minimum absolute atomic E-state index is 0.138. The average molecular weight is 287 g/mol. The molecule has 0 aliphatic heterocycles. The molecule has 0 amide bonds. The number of unbranched alkanes of at least 4 members (excludes halogenated alkanes) is 5. The number of aliphatic hydroxyl groups excluding tert-OH is 1. The van der Waals surface area contributed by atoms with Gasteiger partial charge in [-0.3, -0.25) is 4.48 Å². The molecule has 0 bridgehead atoms. The summed E-state index contributed by atoms with van der Waals surface area (Å²) < 4.78 is 0.943. The smallest absolute Gasteiger partial charge is 0.190 e. The van der Waals surface area contributed by atoms with Crippen molar-refractivity contribution in [3.05, 3.63) is 0 Å². The molecule has 2 nitrogen and oxygen atoms in total. The minimum Gasteiger partial charge on any atom is -0.345 e. The van der Waals surface area contributed by atoms with Gasteiger partial charge in [0.05, 0.1) is 19.6 Å². The first kappa shape index (κ1) is 19.9. The highest BCUT2D eigenvalue weighted by atomic mass is 16.3. The maximum absolute atomic E-state index is 10.7. The van der Waals surface area contributed by atoms with E-state index in [1.54, 1.807) is 0 Å². The number of hydrogen-bond acceptors (Lipinski definition) is 1. The molecule has 0 aliphatic rings. The molecule has 0 aromatic carbocycles. The van der Waals surface area contributed by atoms with Gasteiger partial charge in [-0.2, -0.15) is 0 Å². The topological polar surface area (TPSA) is 20.2 Å². The van der Waals surface area contributed by atoms with Gasteiger partial charge in [0.1, 0.15) is 0 Å². The highest BCUT2D eigenvalue weighted by Gasteiger charge is 2.32. The van der Waals surface area contributed by atoms with Crippen LogP contribution in [0.3, 0.4) is 0 Å². The van der Waals surface area contributed by atoms with Crippen molar-refractivity contribution in [2.24, 2.45) is 0 Å². The maximum Gasteiger partial charge on any atom is 0.190 e. The van der Waals surface area contributed by atoms with Crippen LogP contribution in [0.15, 0.2) is 0 Å². The second-order valence-electron chi connectivity index (χ2n) is 6.43. The lowest BCUT2D eigenvalue weighted by Gasteiger charge is -2.42. The molecule has 0 saturated carbocycles. The zero-order valence-electron chi connectivity index (χ0n) is 14.7. The van der Waals surface area contributed by atoms with Crippen LogP contribution in [0.4, 0.5) is 0 Å². The normalized spacial score (nSPS) is 13.7. The third-order valence-corrected chi connectivity index (χ3v) is 4.45. The molecule has 0 aliphatic carbocycles. The van der Waals surface area contributed by atoms with Crippen LogP contribution in [0, 0.1) is 0 Å². The molecule has 1 unspecified atom stereocenters. The molecule has 20 heavy (non-hydrogen) atoms. The summed E-state index contributed by atoms with van der Waals surface area (Å²) in [5.41, 5.74) is 0. The van der Waals surface area contributed by atoms with E-state index in [9.17, 15) is 5.11 Å². The van der Waals surface area contributed by atoms with Crippen LogP contribution < -0.4 is 0 Å². The third-order valence-electron chi connectivity index (χ3n) is 4.45. The van der Waals surface area contributed by atoms with Crippen LogP contribution in [0.1, 0.15) is 91.9 Å². The summed E-state index contributed by atoms with van der Waals surface area (Å²) in [5, 5.41) is 10.7. The first-order valence-electron chi connectivity index (χ1n) is 9.20. The number of hydrogen-bond donors (Lipinski definition) is 1. The number of aliphatic hydroxyl groups is 1. The van der Waals surface area contributed by atoms with E-state index >= 15 is 0 Å². The quantitative estimate of drug-likeness (QED) is 0.267. The van der Waals surface area contributed by atoms with Crippen LogP contribution in [0.2, 0.25) is 0 Å². The van der Waals surface area contributed by atoms with Crippen LogP contribution in [0.25, 0.3) is 0 Å². The van der Waals surface area contributed by atoms with Gasteiger partial charge in [0, 0.05) is 6.42 Å². The summed E-state index contributed by atoms with van der Waals surface area (Å²) in [6, 6.07) is 0. The van der Waals surface area contributed by atoms with Crippen molar-refractivity contribution >= 4 is 0 Å². The molecule has 0 aromatic rings. The molecule has 0 rings (SSSR count). The molecule has 1 atom stereocenters. The van der Waals surface area contributed by atoms with Gasteiger partial charge in [0.2, 0.25) is 0 Å². The van der Waals surface area contributed by atoms with Crippen LogP contribution in [-0.4, -0.2) is 35.5 Å². The van der Waals surface area contributed by atoms with E-state index in [2.05, 4.69) is 27.7 Å². The minimum atomic E-state index is -0.138. The first-order valence-corrected chi connectivity index (χ1v) is 9.20. The zero-order valence-corrected chi connectivity index (χ0v) is 14.7. The Kier molecular flexibility index (Phi) is 12.6. The summed E-state index contributed by atoms with van der Waals surface area (Å²) in [7, 11) is 0. The highest BCUT2D eigenvalue weighted by Crippen LogP contribution is 2.21. The summed E-state index contributed by atoms with van der Waals surface area (Å²) in [4.78, 5) is 0. The summed E-state index contributed by atoms with van der Waals surface area (Å²) in [5.74, 6) is 0. The van der Waals surface area contributed by atoms with Gasteiger partial charge >= 0.3 is 0 Å². The largest absolute Gasteiger partial charge is 0.345 e. The predicted octanol–water partition coefficient (Wildman–Crippen LogP) is 5.10. The van der Waals surface area contributed by atoms with Crippen molar-refractivity contribution in [2.75, 3.05) is 19.6 Å². The van der Waals surface area contributed by atoms with Crippen LogP contribution >= 0.6 is 0 Å². The van der Waals surface area contributed by atoms with E-state index in [0.29, 0.717) is 0 Å². The standard InChI is InChI=1S/C18H40NO/c1-5-9-10-11-12-13-14-18(20)19(15-6-2,16-7-3)17-8-4/h18,20H,5-17H2,1-4H3/q+1. The van der Waals surface area contributed by atoms with Crippen molar-refractivity contribution < 1.29 is 9.59 Å². The molecular weight excluding hydrogens is 246 g/mol. The van der Waals surface area contributed by atoms with Crippen molar-refractivity contribution in [3.8, 4) is 0 Å². The average Bonchev–Trinajstić information content (AvgIpc) is 2.43. The number of quaternary nitrogens is 1. The van der Waals surface area contributed by atoms with Gasteiger partial charge in [-0.15, -0.1) is 0 Å². The lowest BCUT2D eigenvalue weighted by molar-refractivity contribution is -0.971. The second-order valence-corrected chi connectivity index (χ2v) is 6.43. The first-order chi connectivity index (χ1) is 9.66. The Hall–Kier alpha value is -0.0800. The highest BCUT2D eigenvalue weighted by molar-refractivity contribution is 4.53. The van der Waals surface area contributed by atoms with E-state index < -0.39 is 0 Å². The fourth-order valence-corrected chi connectivity index (χ4v) is 3.50. The Morgan fingerprint density at radius 2 is 1.10 bits per heavy atom. The van der Waals surface area contributed by atoms with Crippen LogP contribution in [-0.2, 0) is 0 Å². The molecule has 0 radical (unpaired) electrons. The van der Waals surface area contributed by atoms with Gasteiger partial charge in [-0.05, 0) is 25.7 Å². The van der Waals surface area contributed by atoms with Gasteiger partial charge in [0.25, 0.3) is 0 Å².